The summed E-state index contributed by atoms with van der Waals surface area (Å²) in [5.74, 6) is -0.623. The van der Waals surface area contributed by atoms with Gasteiger partial charge in [0, 0.05) is 28.9 Å². The van der Waals surface area contributed by atoms with E-state index in [-0.39, 0.29) is 12.2 Å². The summed E-state index contributed by atoms with van der Waals surface area (Å²) in [6, 6.07) is 9.55. The molecule has 1 aromatic carbocycles. The second-order valence-corrected chi connectivity index (χ2v) is 7.75. The number of carbonyl (C=O) groups is 2. The van der Waals surface area contributed by atoms with Gasteiger partial charge < -0.3 is 4.74 Å². The Morgan fingerprint density at radius 3 is 2.89 bits per heavy atom. The van der Waals surface area contributed by atoms with Gasteiger partial charge in [0.25, 0.3) is 0 Å². The van der Waals surface area contributed by atoms with Gasteiger partial charge in [-0.25, -0.2) is 4.98 Å². The first-order valence-corrected chi connectivity index (χ1v) is 10.2. The molecule has 28 heavy (non-hydrogen) atoms. The first-order valence-electron chi connectivity index (χ1n) is 9.30. The second-order valence-electron chi connectivity index (χ2n) is 6.90. The first-order chi connectivity index (χ1) is 13.6. The zero-order chi connectivity index (χ0) is 19.5. The molecule has 0 saturated carbocycles. The molecule has 0 unspecified atom stereocenters. The number of Topliss-reactive ketones (excluding diaryl/α,β-unsaturated/α-hetero) is 1. The Balaban J connectivity index is 1.37. The Hall–Kier alpha value is -2.86. The number of rotatable bonds is 6. The number of aryl methyl sites for hydroxylation is 2. The normalized spacial score (nSPS) is 13.8. The zero-order valence-corrected chi connectivity index (χ0v) is 16.4. The number of nitrogens with zero attached hydrogens (tertiary/aromatic N) is 2. The molecule has 3 aromatic rings. The molecule has 142 valence electrons. The number of fused-ring (bicyclic) bond motifs is 1. The highest BCUT2D eigenvalue weighted by molar-refractivity contribution is 7.13. The average Bonchev–Trinajstić information content (AvgIpc) is 3.36. The predicted octanol–water partition coefficient (Wildman–Crippen LogP) is 4.05. The standard InChI is InChI=1S/C22H20N2O3S/c1-14(21(26)17-8-7-15-4-2-5-16(15)10-17)27-20(25)11-19-13-28-22(24-19)18-6-3-9-23-12-18/h3,6-10,12-14H,2,4-5,11H2,1H3/t14-/m0/s1. The average molecular weight is 392 g/mol. The van der Waals surface area contributed by atoms with Gasteiger partial charge in [0.05, 0.1) is 12.1 Å². The van der Waals surface area contributed by atoms with Gasteiger partial charge >= 0.3 is 5.97 Å². The third-order valence-corrected chi connectivity index (χ3v) is 5.79. The van der Waals surface area contributed by atoms with Crippen molar-refractivity contribution < 1.29 is 14.3 Å². The molecule has 0 aliphatic heterocycles. The van der Waals surface area contributed by atoms with Crippen LogP contribution in [0.25, 0.3) is 10.6 Å². The lowest BCUT2D eigenvalue weighted by atomic mass is 10.0. The molecule has 2 heterocycles. The van der Waals surface area contributed by atoms with Crippen molar-refractivity contribution >= 4 is 23.1 Å². The number of aromatic nitrogens is 2. The molecule has 1 aliphatic rings. The zero-order valence-electron chi connectivity index (χ0n) is 15.6. The van der Waals surface area contributed by atoms with Crippen LogP contribution >= 0.6 is 11.3 Å². The number of hydrogen-bond acceptors (Lipinski definition) is 6. The fourth-order valence-electron chi connectivity index (χ4n) is 3.41. The summed E-state index contributed by atoms with van der Waals surface area (Å²) in [7, 11) is 0. The number of carbonyl (C=O) groups excluding carboxylic acids is 2. The molecule has 0 N–H and O–H groups in total. The highest BCUT2D eigenvalue weighted by Crippen LogP contribution is 2.24. The van der Waals surface area contributed by atoms with E-state index in [2.05, 4.69) is 9.97 Å². The van der Waals surface area contributed by atoms with Gasteiger partial charge in [0.15, 0.2) is 6.10 Å². The Kier molecular flexibility index (Phi) is 5.30. The molecule has 0 fully saturated rings. The third-order valence-electron chi connectivity index (χ3n) is 4.85. The number of ketones is 1. The number of pyridine rings is 1. The lowest BCUT2D eigenvalue weighted by Crippen LogP contribution is -2.25. The van der Waals surface area contributed by atoms with Gasteiger partial charge in [-0.05, 0) is 55.5 Å². The van der Waals surface area contributed by atoms with Crippen LogP contribution in [-0.2, 0) is 28.8 Å². The predicted molar refractivity (Wildman–Crippen MR) is 107 cm³/mol. The lowest BCUT2D eigenvalue weighted by Gasteiger charge is -2.13. The number of thiazole rings is 1. The lowest BCUT2D eigenvalue weighted by molar-refractivity contribution is -0.145. The van der Waals surface area contributed by atoms with Crippen LogP contribution in [0.1, 0.15) is 40.5 Å². The maximum Gasteiger partial charge on any atom is 0.312 e. The molecule has 5 nitrogen and oxygen atoms in total. The van der Waals surface area contributed by atoms with Gasteiger partial charge in [-0.3, -0.25) is 14.6 Å². The molecule has 0 spiro atoms. The van der Waals surface area contributed by atoms with Crippen molar-refractivity contribution in [2.75, 3.05) is 0 Å². The van der Waals surface area contributed by atoms with E-state index in [1.807, 2.05) is 35.7 Å². The molecule has 4 rings (SSSR count). The van der Waals surface area contributed by atoms with Crippen LogP contribution in [0.4, 0.5) is 0 Å². The van der Waals surface area contributed by atoms with Gasteiger partial charge in [-0.1, -0.05) is 12.1 Å². The number of benzene rings is 1. The van der Waals surface area contributed by atoms with Gasteiger partial charge in [-0.15, -0.1) is 11.3 Å². The molecule has 0 saturated heterocycles. The Bertz CT molecular complexity index is 1010. The van der Waals surface area contributed by atoms with Crippen molar-refractivity contribution in [1.82, 2.24) is 9.97 Å². The maximum atomic E-state index is 12.6. The summed E-state index contributed by atoms with van der Waals surface area (Å²) in [6.45, 7) is 1.62. The Morgan fingerprint density at radius 1 is 1.21 bits per heavy atom. The summed E-state index contributed by atoms with van der Waals surface area (Å²) in [5.41, 5.74) is 4.69. The molecule has 2 aromatic heterocycles. The molecule has 0 radical (unpaired) electrons. The van der Waals surface area contributed by atoms with E-state index in [1.165, 1.54) is 22.5 Å². The summed E-state index contributed by atoms with van der Waals surface area (Å²) >= 11 is 1.45. The minimum atomic E-state index is -0.816. The number of ether oxygens (including phenoxy) is 1. The molecule has 1 atom stereocenters. The molecule has 0 amide bonds. The Morgan fingerprint density at radius 2 is 2.07 bits per heavy atom. The van der Waals surface area contributed by atoms with E-state index in [0.29, 0.717) is 11.3 Å². The van der Waals surface area contributed by atoms with E-state index < -0.39 is 12.1 Å². The Labute approximate surface area is 167 Å². The van der Waals surface area contributed by atoms with Gasteiger partial charge in [0.2, 0.25) is 5.78 Å². The van der Waals surface area contributed by atoms with Crippen molar-refractivity contribution in [3.8, 4) is 10.6 Å². The van der Waals surface area contributed by atoms with Gasteiger partial charge in [0.1, 0.15) is 5.01 Å². The smallest absolute Gasteiger partial charge is 0.312 e. The van der Waals surface area contributed by atoms with Crippen LogP contribution in [0, 0.1) is 0 Å². The van der Waals surface area contributed by atoms with Crippen LogP contribution in [-0.4, -0.2) is 27.8 Å². The first kappa shape index (κ1) is 18.5. The highest BCUT2D eigenvalue weighted by Gasteiger charge is 2.22. The molecule has 1 aliphatic carbocycles. The van der Waals surface area contributed by atoms with Crippen molar-refractivity contribution in [2.45, 2.75) is 38.7 Å². The number of hydrogen-bond donors (Lipinski definition) is 0. The second kappa shape index (κ2) is 8.02. The molecular formula is C22H20N2O3S. The highest BCUT2D eigenvalue weighted by atomic mass is 32.1. The summed E-state index contributed by atoms with van der Waals surface area (Å²) in [4.78, 5) is 33.4. The van der Waals surface area contributed by atoms with E-state index in [4.69, 9.17) is 4.74 Å². The number of esters is 1. The quantitative estimate of drug-likeness (QED) is 0.468. The van der Waals surface area contributed by atoms with Crippen LogP contribution in [0.5, 0.6) is 0 Å². The van der Waals surface area contributed by atoms with E-state index in [9.17, 15) is 9.59 Å². The summed E-state index contributed by atoms with van der Waals surface area (Å²) in [6.07, 6.45) is 5.87. The van der Waals surface area contributed by atoms with Crippen molar-refractivity contribution in [3.05, 3.63) is 70.5 Å². The van der Waals surface area contributed by atoms with Crippen LogP contribution < -0.4 is 0 Å². The van der Waals surface area contributed by atoms with E-state index in [1.54, 1.807) is 19.3 Å². The van der Waals surface area contributed by atoms with Crippen molar-refractivity contribution in [1.29, 1.82) is 0 Å². The fourth-order valence-corrected chi connectivity index (χ4v) is 4.22. The molecular weight excluding hydrogens is 372 g/mol. The maximum absolute atomic E-state index is 12.6. The largest absolute Gasteiger partial charge is 0.454 e. The summed E-state index contributed by atoms with van der Waals surface area (Å²) < 4.78 is 5.37. The monoisotopic (exact) mass is 392 g/mol. The SMILES string of the molecule is C[C@H](OC(=O)Cc1csc(-c2cccnc2)n1)C(=O)c1ccc2c(c1)CCC2. The molecule has 6 heteroatoms. The topological polar surface area (TPSA) is 69.2 Å². The van der Waals surface area contributed by atoms with Gasteiger partial charge in [-0.2, -0.15) is 0 Å². The van der Waals surface area contributed by atoms with E-state index >= 15 is 0 Å². The van der Waals surface area contributed by atoms with E-state index in [0.717, 1.165) is 29.8 Å². The van der Waals surface area contributed by atoms with Crippen LogP contribution in [0.2, 0.25) is 0 Å². The van der Waals surface area contributed by atoms with Crippen LogP contribution in [0.3, 0.4) is 0 Å². The third kappa shape index (κ3) is 4.02. The summed E-state index contributed by atoms with van der Waals surface area (Å²) in [5, 5.41) is 2.63. The van der Waals surface area contributed by atoms with Crippen molar-refractivity contribution in [2.24, 2.45) is 0 Å². The molecule has 0 bridgehead atoms. The van der Waals surface area contributed by atoms with Crippen molar-refractivity contribution in [3.63, 3.8) is 0 Å². The van der Waals surface area contributed by atoms with Crippen LogP contribution in [0.15, 0.2) is 48.1 Å². The minimum Gasteiger partial charge on any atom is -0.454 e. The minimum absolute atomic E-state index is 0.0402. The fraction of sp³-hybridized carbons (Fsp3) is 0.273.